The van der Waals surface area contributed by atoms with Crippen LogP contribution < -0.4 is 15.5 Å². The van der Waals surface area contributed by atoms with Crippen LogP contribution in [0.25, 0.3) is 0 Å². The summed E-state index contributed by atoms with van der Waals surface area (Å²) >= 11 is 5.98. The minimum atomic E-state index is -0.895. The van der Waals surface area contributed by atoms with E-state index in [9.17, 15) is 14.4 Å². The van der Waals surface area contributed by atoms with Crippen LogP contribution in [0.2, 0.25) is 5.02 Å². The number of ether oxygens (including phenoxy) is 1. The fourth-order valence-electron chi connectivity index (χ4n) is 3.46. The van der Waals surface area contributed by atoms with E-state index >= 15 is 0 Å². The first-order valence-corrected chi connectivity index (χ1v) is 9.49. The third-order valence-corrected chi connectivity index (χ3v) is 5.75. The molecule has 1 aromatic carbocycles. The summed E-state index contributed by atoms with van der Waals surface area (Å²) in [6.45, 7) is 5.51. The van der Waals surface area contributed by atoms with Gasteiger partial charge in [0.05, 0.1) is 0 Å². The summed E-state index contributed by atoms with van der Waals surface area (Å²) < 4.78 is 5.60. The van der Waals surface area contributed by atoms with Gasteiger partial charge in [-0.25, -0.2) is 4.79 Å². The van der Waals surface area contributed by atoms with Crippen LogP contribution in [0.3, 0.4) is 0 Å². The van der Waals surface area contributed by atoms with Crippen molar-refractivity contribution in [3.8, 4) is 5.75 Å². The highest BCUT2D eigenvalue weighted by molar-refractivity contribution is 6.31. The number of rotatable bonds is 4. The molecule has 0 aromatic heterocycles. The number of halogens is 1. The molecule has 1 aliphatic heterocycles. The lowest BCUT2D eigenvalue weighted by Gasteiger charge is -2.33. The molecule has 2 N–H and O–H groups in total. The molecule has 146 valence electrons. The lowest BCUT2D eigenvalue weighted by molar-refractivity contribution is -0.142. The van der Waals surface area contributed by atoms with Crippen molar-refractivity contribution >= 4 is 29.4 Å². The Morgan fingerprint density at radius 3 is 2.67 bits per heavy atom. The molecular weight excluding hydrogens is 370 g/mol. The summed E-state index contributed by atoms with van der Waals surface area (Å²) in [5.41, 5.74) is 2.32. The SMILES string of the molecule is Cc1cc(OC(C)C(=O)NN2C(=O)NC3(CCC(C)CC3)C2=O)ccc1Cl. The van der Waals surface area contributed by atoms with E-state index < -0.39 is 29.5 Å². The van der Waals surface area contributed by atoms with Crippen LogP contribution in [0.5, 0.6) is 5.75 Å². The van der Waals surface area contributed by atoms with Gasteiger partial charge in [-0.2, -0.15) is 5.01 Å². The Bertz CT molecular complexity index is 774. The molecule has 1 heterocycles. The number of aryl methyl sites for hydroxylation is 1. The number of carbonyl (C=O) groups is 3. The van der Waals surface area contributed by atoms with Crippen molar-refractivity contribution in [2.45, 2.75) is 58.1 Å². The highest BCUT2D eigenvalue weighted by Crippen LogP contribution is 2.35. The van der Waals surface area contributed by atoms with Crippen molar-refractivity contribution in [2.24, 2.45) is 5.92 Å². The molecule has 0 radical (unpaired) electrons. The Labute approximate surface area is 163 Å². The lowest BCUT2D eigenvalue weighted by Crippen LogP contribution is -2.53. The maximum Gasteiger partial charge on any atom is 0.344 e. The first-order valence-electron chi connectivity index (χ1n) is 9.12. The molecule has 4 amide bonds. The van der Waals surface area contributed by atoms with E-state index in [1.54, 1.807) is 25.1 Å². The molecule has 7 nitrogen and oxygen atoms in total. The van der Waals surface area contributed by atoms with Crippen molar-refractivity contribution in [3.05, 3.63) is 28.8 Å². The predicted molar refractivity (Wildman–Crippen MR) is 100 cm³/mol. The van der Waals surface area contributed by atoms with Crippen LogP contribution in [0.15, 0.2) is 18.2 Å². The highest BCUT2D eigenvalue weighted by Gasteiger charge is 2.53. The van der Waals surface area contributed by atoms with Gasteiger partial charge in [0.25, 0.3) is 11.8 Å². The van der Waals surface area contributed by atoms with Gasteiger partial charge in [0.2, 0.25) is 0 Å². The number of nitrogens with one attached hydrogen (secondary N) is 2. The molecule has 1 aliphatic carbocycles. The van der Waals surface area contributed by atoms with E-state index in [0.29, 0.717) is 29.5 Å². The number of carbonyl (C=O) groups excluding carboxylic acids is 3. The maximum absolute atomic E-state index is 12.8. The molecule has 1 saturated heterocycles. The molecule has 1 aromatic rings. The van der Waals surface area contributed by atoms with Gasteiger partial charge in [-0.3, -0.25) is 15.0 Å². The molecule has 8 heteroatoms. The van der Waals surface area contributed by atoms with Crippen LogP contribution >= 0.6 is 11.6 Å². The second-order valence-corrected chi connectivity index (χ2v) is 7.89. The van der Waals surface area contributed by atoms with Gasteiger partial charge in [0, 0.05) is 5.02 Å². The van der Waals surface area contributed by atoms with Gasteiger partial charge in [0.1, 0.15) is 11.3 Å². The number of urea groups is 1. The van der Waals surface area contributed by atoms with Crippen molar-refractivity contribution in [2.75, 3.05) is 0 Å². The molecule has 1 saturated carbocycles. The summed E-state index contributed by atoms with van der Waals surface area (Å²) in [7, 11) is 0. The van der Waals surface area contributed by atoms with Crippen LogP contribution in [0, 0.1) is 12.8 Å². The monoisotopic (exact) mass is 393 g/mol. The molecule has 3 rings (SSSR count). The van der Waals surface area contributed by atoms with E-state index in [1.807, 2.05) is 6.92 Å². The fourth-order valence-corrected chi connectivity index (χ4v) is 3.58. The molecule has 27 heavy (non-hydrogen) atoms. The second kappa shape index (κ2) is 7.38. The van der Waals surface area contributed by atoms with Crippen molar-refractivity contribution in [3.63, 3.8) is 0 Å². The van der Waals surface area contributed by atoms with Crippen LogP contribution in [0.4, 0.5) is 4.79 Å². The largest absolute Gasteiger partial charge is 0.481 e. The molecule has 2 fully saturated rings. The number of imide groups is 1. The quantitative estimate of drug-likeness (QED) is 0.770. The molecule has 1 spiro atoms. The third-order valence-electron chi connectivity index (χ3n) is 5.32. The molecular formula is C19H24ClN3O4. The van der Waals surface area contributed by atoms with Crippen LogP contribution in [0.1, 0.15) is 45.1 Å². The molecule has 0 bridgehead atoms. The first-order chi connectivity index (χ1) is 12.7. The highest BCUT2D eigenvalue weighted by atomic mass is 35.5. The zero-order valence-electron chi connectivity index (χ0n) is 15.7. The van der Waals surface area contributed by atoms with Crippen molar-refractivity contribution in [1.82, 2.24) is 15.8 Å². The first kappa shape index (κ1) is 19.5. The molecule has 1 unspecified atom stereocenters. The predicted octanol–water partition coefficient (Wildman–Crippen LogP) is 2.95. The number of nitrogens with zero attached hydrogens (tertiary/aromatic N) is 1. The van der Waals surface area contributed by atoms with Gasteiger partial charge in [-0.15, -0.1) is 0 Å². The van der Waals surface area contributed by atoms with Crippen molar-refractivity contribution < 1.29 is 19.1 Å². The Morgan fingerprint density at radius 2 is 2.04 bits per heavy atom. The van der Waals surface area contributed by atoms with Crippen LogP contribution in [-0.4, -0.2) is 34.5 Å². The maximum atomic E-state index is 12.8. The third kappa shape index (κ3) is 3.88. The minimum absolute atomic E-state index is 0.401. The summed E-state index contributed by atoms with van der Waals surface area (Å²) in [4.78, 5) is 37.5. The summed E-state index contributed by atoms with van der Waals surface area (Å²) in [6.07, 6.45) is 2.00. The van der Waals surface area contributed by atoms with E-state index in [1.165, 1.54) is 0 Å². The van der Waals surface area contributed by atoms with E-state index in [0.717, 1.165) is 23.4 Å². The van der Waals surface area contributed by atoms with Crippen molar-refractivity contribution in [1.29, 1.82) is 0 Å². The van der Waals surface area contributed by atoms with Gasteiger partial charge in [0.15, 0.2) is 6.10 Å². The van der Waals surface area contributed by atoms with E-state index in [2.05, 4.69) is 17.7 Å². The van der Waals surface area contributed by atoms with E-state index in [4.69, 9.17) is 16.3 Å². The average molecular weight is 394 g/mol. The zero-order chi connectivity index (χ0) is 19.8. The minimum Gasteiger partial charge on any atom is -0.481 e. The average Bonchev–Trinajstić information content (AvgIpc) is 2.85. The van der Waals surface area contributed by atoms with E-state index in [-0.39, 0.29) is 0 Å². The Hall–Kier alpha value is -2.28. The number of amides is 4. The molecule has 2 aliphatic rings. The fraction of sp³-hybridized carbons (Fsp3) is 0.526. The summed E-state index contributed by atoms with van der Waals surface area (Å²) in [5, 5.41) is 4.15. The Kier molecular flexibility index (Phi) is 5.33. The van der Waals surface area contributed by atoms with Crippen LogP contribution in [-0.2, 0) is 9.59 Å². The molecule has 1 atom stereocenters. The standard InChI is InChI=1S/C19H24ClN3O4/c1-11-6-8-19(9-7-11)17(25)23(18(26)21-19)22-16(24)13(3)27-14-4-5-15(20)12(2)10-14/h4-5,10-11,13H,6-9H2,1-3H3,(H,21,26)(H,22,24). The lowest BCUT2D eigenvalue weighted by atomic mass is 9.77. The normalized spacial score (nSPS) is 26.1. The number of hydrazine groups is 1. The zero-order valence-corrected chi connectivity index (χ0v) is 16.4. The summed E-state index contributed by atoms with van der Waals surface area (Å²) in [5.74, 6) is 0.0318. The number of benzene rings is 1. The number of hydrogen-bond donors (Lipinski definition) is 2. The van der Waals surface area contributed by atoms with Gasteiger partial charge in [-0.1, -0.05) is 18.5 Å². The topological polar surface area (TPSA) is 87.7 Å². The van der Waals surface area contributed by atoms with Gasteiger partial charge < -0.3 is 10.1 Å². The van der Waals surface area contributed by atoms with Gasteiger partial charge >= 0.3 is 6.03 Å². The van der Waals surface area contributed by atoms with Gasteiger partial charge in [-0.05, 0) is 69.2 Å². The second-order valence-electron chi connectivity index (χ2n) is 7.48. The Balaban J connectivity index is 1.63. The Morgan fingerprint density at radius 1 is 1.37 bits per heavy atom. The smallest absolute Gasteiger partial charge is 0.344 e. The summed E-state index contributed by atoms with van der Waals surface area (Å²) in [6, 6.07) is 4.46. The number of hydrogen-bond acceptors (Lipinski definition) is 4.